The zero-order chi connectivity index (χ0) is 14.8. The first kappa shape index (κ1) is 18.4. The van der Waals surface area contributed by atoms with Gasteiger partial charge in [0.1, 0.15) is 0 Å². The van der Waals surface area contributed by atoms with Gasteiger partial charge < -0.3 is 5.32 Å². The van der Waals surface area contributed by atoms with E-state index in [1.165, 1.54) is 0 Å². The SMILES string of the molecule is CNC1CCCN(S(=O)(=O)c2ccc(C(C)C)cc2)C1.Cl. The number of sulfonamides is 1. The van der Waals surface area contributed by atoms with Crippen molar-refractivity contribution in [3.8, 4) is 0 Å². The third kappa shape index (κ3) is 4.19. The molecule has 4 nitrogen and oxygen atoms in total. The summed E-state index contributed by atoms with van der Waals surface area (Å²) >= 11 is 0. The number of nitrogens with zero attached hydrogens (tertiary/aromatic N) is 1. The monoisotopic (exact) mass is 332 g/mol. The second-order valence-electron chi connectivity index (χ2n) is 5.71. The lowest BCUT2D eigenvalue weighted by atomic mass is 10.0. The van der Waals surface area contributed by atoms with Gasteiger partial charge in [-0.1, -0.05) is 26.0 Å². The summed E-state index contributed by atoms with van der Waals surface area (Å²) in [5.41, 5.74) is 1.16. The summed E-state index contributed by atoms with van der Waals surface area (Å²) in [6, 6.07) is 7.54. The normalized spacial score (nSPS) is 20.3. The van der Waals surface area contributed by atoms with E-state index in [0.29, 0.717) is 23.9 Å². The molecule has 0 bridgehead atoms. The van der Waals surface area contributed by atoms with Crippen LogP contribution in [0.5, 0.6) is 0 Å². The van der Waals surface area contributed by atoms with E-state index in [1.807, 2.05) is 19.2 Å². The standard InChI is InChI=1S/C15H24N2O2S.ClH/c1-12(2)13-6-8-15(9-7-13)20(18,19)17-10-4-5-14(11-17)16-3;/h6-9,12,14,16H,4-5,10-11H2,1-3H3;1H. The second kappa shape index (κ2) is 7.58. The Balaban J connectivity index is 0.00000220. The van der Waals surface area contributed by atoms with Crippen molar-refractivity contribution < 1.29 is 8.42 Å². The molecule has 0 aromatic heterocycles. The average molecular weight is 333 g/mol. The van der Waals surface area contributed by atoms with Gasteiger partial charge in [0.15, 0.2) is 0 Å². The summed E-state index contributed by atoms with van der Waals surface area (Å²) in [7, 11) is -1.47. The zero-order valence-electron chi connectivity index (χ0n) is 12.9. The maximum atomic E-state index is 12.6. The molecule has 120 valence electrons. The minimum Gasteiger partial charge on any atom is -0.316 e. The average Bonchev–Trinajstić information content (AvgIpc) is 2.47. The van der Waals surface area contributed by atoms with Crippen molar-refractivity contribution in [3.05, 3.63) is 29.8 Å². The van der Waals surface area contributed by atoms with E-state index < -0.39 is 10.0 Å². The molecule has 1 aliphatic heterocycles. The van der Waals surface area contributed by atoms with Gasteiger partial charge in [-0.05, 0) is 43.5 Å². The number of rotatable bonds is 4. The van der Waals surface area contributed by atoms with E-state index in [9.17, 15) is 8.42 Å². The van der Waals surface area contributed by atoms with Crippen LogP contribution in [0.15, 0.2) is 29.2 Å². The van der Waals surface area contributed by atoms with Gasteiger partial charge in [-0.3, -0.25) is 0 Å². The fourth-order valence-corrected chi connectivity index (χ4v) is 4.09. The first-order valence-corrected chi connectivity index (χ1v) is 8.66. The van der Waals surface area contributed by atoms with Crippen LogP contribution in [-0.2, 0) is 10.0 Å². The van der Waals surface area contributed by atoms with Crippen LogP contribution in [0.2, 0.25) is 0 Å². The predicted octanol–water partition coefficient (Wildman–Crippen LogP) is 2.60. The van der Waals surface area contributed by atoms with Gasteiger partial charge in [0.2, 0.25) is 10.0 Å². The fraction of sp³-hybridized carbons (Fsp3) is 0.600. The van der Waals surface area contributed by atoms with Gasteiger partial charge in [0, 0.05) is 19.1 Å². The van der Waals surface area contributed by atoms with E-state index in [2.05, 4.69) is 19.2 Å². The summed E-state index contributed by atoms with van der Waals surface area (Å²) in [6.45, 7) is 5.38. The lowest BCUT2D eigenvalue weighted by molar-refractivity contribution is 0.293. The molecule has 1 aromatic carbocycles. The largest absolute Gasteiger partial charge is 0.316 e. The molecule has 0 saturated carbocycles. The van der Waals surface area contributed by atoms with Crippen molar-refractivity contribution in [2.24, 2.45) is 0 Å². The molecule has 0 amide bonds. The molecule has 21 heavy (non-hydrogen) atoms. The third-order valence-electron chi connectivity index (χ3n) is 3.98. The molecule has 1 aliphatic rings. The highest BCUT2D eigenvalue weighted by Gasteiger charge is 2.29. The Morgan fingerprint density at radius 1 is 1.24 bits per heavy atom. The Morgan fingerprint density at radius 2 is 1.86 bits per heavy atom. The van der Waals surface area contributed by atoms with E-state index in [-0.39, 0.29) is 18.4 Å². The first-order valence-electron chi connectivity index (χ1n) is 7.22. The lowest BCUT2D eigenvalue weighted by Crippen LogP contribution is -2.46. The highest BCUT2D eigenvalue weighted by Crippen LogP contribution is 2.22. The van der Waals surface area contributed by atoms with Crippen LogP contribution >= 0.6 is 12.4 Å². The molecule has 1 atom stereocenters. The molecular formula is C15H25ClN2O2S. The van der Waals surface area contributed by atoms with E-state index in [0.717, 1.165) is 18.4 Å². The molecular weight excluding hydrogens is 308 g/mol. The van der Waals surface area contributed by atoms with Crippen LogP contribution < -0.4 is 5.32 Å². The van der Waals surface area contributed by atoms with Gasteiger partial charge in [-0.15, -0.1) is 12.4 Å². The molecule has 1 fully saturated rings. The van der Waals surface area contributed by atoms with Crippen molar-refractivity contribution >= 4 is 22.4 Å². The molecule has 0 spiro atoms. The quantitative estimate of drug-likeness (QED) is 0.922. The highest BCUT2D eigenvalue weighted by molar-refractivity contribution is 7.89. The van der Waals surface area contributed by atoms with E-state index in [4.69, 9.17) is 0 Å². The minimum atomic E-state index is -3.35. The number of piperidine rings is 1. The number of hydrogen-bond donors (Lipinski definition) is 1. The molecule has 2 rings (SSSR count). The topological polar surface area (TPSA) is 49.4 Å². The van der Waals surface area contributed by atoms with Gasteiger partial charge in [0.25, 0.3) is 0 Å². The molecule has 0 aliphatic carbocycles. The maximum absolute atomic E-state index is 12.6. The Bertz CT molecular complexity index is 543. The summed E-state index contributed by atoms with van der Waals surface area (Å²) in [6.07, 6.45) is 1.95. The van der Waals surface area contributed by atoms with Crippen LogP contribution in [0.1, 0.15) is 38.2 Å². The van der Waals surface area contributed by atoms with Crippen LogP contribution in [0, 0.1) is 0 Å². The number of nitrogens with one attached hydrogen (secondary N) is 1. The van der Waals surface area contributed by atoms with Crippen molar-refractivity contribution in [2.45, 2.75) is 43.5 Å². The number of halogens is 1. The second-order valence-corrected chi connectivity index (χ2v) is 7.65. The Kier molecular flexibility index (Phi) is 6.66. The van der Waals surface area contributed by atoms with Crippen LogP contribution in [0.25, 0.3) is 0 Å². The molecule has 1 heterocycles. The summed E-state index contributed by atoms with van der Waals surface area (Å²) in [5.74, 6) is 0.412. The summed E-state index contributed by atoms with van der Waals surface area (Å²) in [4.78, 5) is 0.402. The molecule has 1 saturated heterocycles. The summed E-state index contributed by atoms with van der Waals surface area (Å²) in [5, 5.41) is 3.18. The van der Waals surface area contributed by atoms with Crippen LogP contribution in [-0.4, -0.2) is 38.9 Å². The molecule has 1 N–H and O–H groups in total. The number of hydrogen-bond acceptors (Lipinski definition) is 3. The maximum Gasteiger partial charge on any atom is 0.243 e. The smallest absolute Gasteiger partial charge is 0.243 e. The van der Waals surface area contributed by atoms with Crippen molar-refractivity contribution in [2.75, 3.05) is 20.1 Å². The van der Waals surface area contributed by atoms with Crippen LogP contribution in [0.4, 0.5) is 0 Å². The number of likely N-dealkylation sites (N-methyl/N-ethyl adjacent to an activating group) is 1. The van der Waals surface area contributed by atoms with Crippen molar-refractivity contribution in [3.63, 3.8) is 0 Å². The van der Waals surface area contributed by atoms with Gasteiger partial charge in [0.05, 0.1) is 4.90 Å². The predicted molar refractivity (Wildman–Crippen MR) is 88.6 cm³/mol. The van der Waals surface area contributed by atoms with Crippen LogP contribution in [0.3, 0.4) is 0 Å². The van der Waals surface area contributed by atoms with Gasteiger partial charge in [-0.25, -0.2) is 8.42 Å². The Hall–Kier alpha value is -0.620. The first-order chi connectivity index (χ1) is 9.45. The molecule has 1 unspecified atom stereocenters. The fourth-order valence-electron chi connectivity index (χ4n) is 2.57. The molecule has 6 heteroatoms. The minimum absolute atomic E-state index is 0. The summed E-state index contributed by atoms with van der Waals surface area (Å²) < 4.78 is 26.9. The zero-order valence-corrected chi connectivity index (χ0v) is 14.5. The Morgan fingerprint density at radius 3 is 2.38 bits per heavy atom. The highest BCUT2D eigenvalue weighted by atomic mass is 35.5. The molecule has 1 aromatic rings. The third-order valence-corrected chi connectivity index (χ3v) is 5.86. The van der Waals surface area contributed by atoms with Crippen molar-refractivity contribution in [1.82, 2.24) is 9.62 Å². The molecule has 0 radical (unpaired) electrons. The van der Waals surface area contributed by atoms with E-state index >= 15 is 0 Å². The van der Waals surface area contributed by atoms with E-state index in [1.54, 1.807) is 16.4 Å². The van der Waals surface area contributed by atoms with Gasteiger partial charge in [-0.2, -0.15) is 4.31 Å². The Labute approximate surface area is 134 Å². The van der Waals surface area contributed by atoms with Gasteiger partial charge >= 0.3 is 0 Å². The number of benzene rings is 1. The lowest BCUT2D eigenvalue weighted by Gasteiger charge is -2.31. The van der Waals surface area contributed by atoms with Crippen molar-refractivity contribution in [1.29, 1.82) is 0 Å².